The first kappa shape index (κ1) is 28.1. The molecule has 0 aliphatic carbocycles. The second-order valence-electron chi connectivity index (χ2n) is 8.21. The minimum absolute atomic E-state index is 0.187. The summed E-state index contributed by atoms with van der Waals surface area (Å²) in [7, 11) is 1.54. The van der Waals surface area contributed by atoms with Crippen molar-refractivity contribution in [3.8, 4) is 5.75 Å². The number of aromatic nitrogens is 2. The van der Waals surface area contributed by atoms with Crippen molar-refractivity contribution in [2.24, 2.45) is 0 Å². The number of benzene rings is 2. The lowest BCUT2D eigenvalue weighted by atomic mass is 10.2. The van der Waals surface area contributed by atoms with E-state index in [4.69, 9.17) is 9.47 Å². The summed E-state index contributed by atoms with van der Waals surface area (Å²) in [6.45, 7) is 5.60. The average molecular weight is 570 g/mol. The Bertz CT molecular complexity index is 1250. The maximum Gasteiger partial charge on any atom is 0.320 e. The quantitative estimate of drug-likeness (QED) is 0.211. The number of esters is 1. The Labute approximate surface area is 225 Å². The van der Waals surface area contributed by atoms with Crippen molar-refractivity contribution in [2.75, 3.05) is 44.0 Å². The third-order valence-electron chi connectivity index (χ3n) is 5.42. The Morgan fingerprint density at radius 1 is 1.16 bits per heavy atom. The summed E-state index contributed by atoms with van der Waals surface area (Å²) in [5, 5.41) is 6.91. The van der Waals surface area contributed by atoms with Crippen LogP contribution in [0.25, 0.3) is 10.9 Å². The molecular weight excluding hydrogens is 538 g/mol. The molecule has 0 radical (unpaired) electrons. The van der Waals surface area contributed by atoms with Crippen molar-refractivity contribution in [1.82, 2.24) is 14.9 Å². The van der Waals surface area contributed by atoms with Crippen LogP contribution in [0.15, 0.2) is 59.4 Å². The normalized spacial score (nSPS) is 11.2. The number of hydrogen-bond acceptors (Lipinski definition) is 8. The first-order chi connectivity index (χ1) is 17.9. The molecule has 9 nitrogen and oxygen atoms in total. The molecule has 0 saturated carbocycles. The van der Waals surface area contributed by atoms with Crippen LogP contribution in [0.1, 0.15) is 26.7 Å². The second kappa shape index (κ2) is 14.3. The van der Waals surface area contributed by atoms with Crippen LogP contribution < -0.4 is 15.4 Å². The first-order valence-corrected chi connectivity index (χ1v) is 12.9. The molecule has 3 rings (SSSR count). The van der Waals surface area contributed by atoms with Crippen molar-refractivity contribution < 1.29 is 19.1 Å². The Morgan fingerprint density at radius 3 is 2.73 bits per heavy atom. The molecule has 196 valence electrons. The summed E-state index contributed by atoms with van der Waals surface area (Å²) in [6.07, 6.45) is 6.63. The van der Waals surface area contributed by atoms with Gasteiger partial charge < -0.3 is 20.1 Å². The zero-order valence-corrected chi connectivity index (χ0v) is 22.9. The Kier molecular flexibility index (Phi) is 10.8. The second-order valence-corrected chi connectivity index (χ2v) is 9.13. The number of ether oxygens (including phenoxy) is 2. The molecule has 0 aliphatic rings. The molecule has 0 unspecified atom stereocenters. The van der Waals surface area contributed by atoms with Gasteiger partial charge >= 0.3 is 5.97 Å². The molecular formula is C27H32BrN5O4. The first-order valence-electron chi connectivity index (χ1n) is 12.1. The molecule has 0 spiro atoms. The number of nitrogens with one attached hydrogen (secondary N) is 2. The van der Waals surface area contributed by atoms with E-state index >= 15 is 0 Å². The van der Waals surface area contributed by atoms with Gasteiger partial charge in [0.25, 0.3) is 0 Å². The van der Waals surface area contributed by atoms with Gasteiger partial charge in [-0.3, -0.25) is 14.5 Å². The van der Waals surface area contributed by atoms with Gasteiger partial charge in [-0.15, -0.1) is 0 Å². The highest BCUT2D eigenvalue weighted by Gasteiger charge is 2.13. The zero-order chi connectivity index (χ0) is 26.6. The molecule has 2 N–H and O–H groups in total. The lowest BCUT2D eigenvalue weighted by Crippen LogP contribution is -2.32. The zero-order valence-electron chi connectivity index (χ0n) is 21.3. The molecule has 0 saturated heterocycles. The summed E-state index contributed by atoms with van der Waals surface area (Å²) in [4.78, 5) is 35.3. The highest BCUT2D eigenvalue weighted by Crippen LogP contribution is 2.33. The number of carbonyl (C=O) groups excluding carboxylic acids is 2. The largest absolute Gasteiger partial charge is 0.494 e. The number of nitrogens with zero attached hydrogens (tertiary/aromatic N) is 3. The number of unbranched alkanes of at least 4 members (excludes halogenated alkanes) is 1. The summed E-state index contributed by atoms with van der Waals surface area (Å²) in [6, 6.07) is 11.3. The third-order valence-corrected chi connectivity index (χ3v) is 5.91. The van der Waals surface area contributed by atoms with Crippen LogP contribution in [0.5, 0.6) is 5.75 Å². The van der Waals surface area contributed by atoms with Crippen molar-refractivity contribution in [2.45, 2.75) is 26.7 Å². The number of methoxy groups -OCH3 is 1. The van der Waals surface area contributed by atoms with Gasteiger partial charge in [0.15, 0.2) is 0 Å². The van der Waals surface area contributed by atoms with Gasteiger partial charge in [-0.05, 0) is 44.2 Å². The van der Waals surface area contributed by atoms with Crippen LogP contribution in [-0.4, -0.2) is 60.1 Å². The summed E-state index contributed by atoms with van der Waals surface area (Å²) < 4.78 is 11.5. The number of carbonyl (C=O) groups is 2. The van der Waals surface area contributed by atoms with Crippen molar-refractivity contribution in [1.29, 1.82) is 0 Å². The van der Waals surface area contributed by atoms with Crippen molar-refractivity contribution in [3.63, 3.8) is 0 Å². The molecule has 0 bridgehead atoms. The fraction of sp³-hybridized carbons (Fsp3) is 0.333. The summed E-state index contributed by atoms with van der Waals surface area (Å²) in [5.41, 5.74) is 2.02. The van der Waals surface area contributed by atoms with Crippen LogP contribution in [-0.2, 0) is 14.3 Å². The predicted molar refractivity (Wildman–Crippen MR) is 149 cm³/mol. The molecule has 1 heterocycles. The predicted octanol–water partition coefficient (Wildman–Crippen LogP) is 5.30. The third kappa shape index (κ3) is 8.54. The Hall–Kier alpha value is -3.50. The number of hydrogen-bond donors (Lipinski definition) is 2. The SMILES string of the molecule is CCCCN(CC=CC(=O)Nc1cc2c(Nc3cccc(Br)c3)ncnc2cc1OC)CC(=O)OCC. The minimum Gasteiger partial charge on any atom is -0.494 e. The molecule has 10 heteroatoms. The lowest BCUT2D eigenvalue weighted by molar-refractivity contribution is -0.144. The number of anilines is 3. The Morgan fingerprint density at radius 2 is 2.00 bits per heavy atom. The van der Waals surface area contributed by atoms with E-state index in [0.717, 1.165) is 34.9 Å². The summed E-state index contributed by atoms with van der Waals surface area (Å²) in [5.74, 6) is 0.491. The topological polar surface area (TPSA) is 106 Å². The van der Waals surface area contributed by atoms with E-state index in [0.29, 0.717) is 35.9 Å². The average Bonchev–Trinajstić information content (AvgIpc) is 2.87. The fourth-order valence-corrected chi connectivity index (χ4v) is 4.04. The van der Waals surface area contributed by atoms with Gasteiger partial charge in [-0.1, -0.05) is 41.4 Å². The molecule has 0 fully saturated rings. The van der Waals surface area contributed by atoms with Crippen LogP contribution in [0.4, 0.5) is 17.2 Å². The number of fused-ring (bicyclic) bond motifs is 1. The number of amides is 1. The highest BCUT2D eigenvalue weighted by molar-refractivity contribution is 9.10. The van der Waals surface area contributed by atoms with Crippen molar-refractivity contribution in [3.05, 3.63) is 59.4 Å². The van der Waals surface area contributed by atoms with E-state index in [9.17, 15) is 9.59 Å². The summed E-state index contributed by atoms with van der Waals surface area (Å²) >= 11 is 3.47. The molecule has 2 aromatic carbocycles. The van der Waals surface area contributed by atoms with E-state index in [1.54, 1.807) is 25.1 Å². The smallest absolute Gasteiger partial charge is 0.320 e. The maximum atomic E-state index is 12.7. The fourth-order valence-electron chi connectivity index (χ4n) is 3.64. The van der Waals surface area contributed by atoms with Gasteiger partial charge in [0, 0.05) is 34.2 Å². The van der Waals surface area contributed by atoms with Crippen LogP contribution in [0.2, 0.25) is 0 Å². The van der Waals surface area contributed by atoms with Crippen LogP contribution >= 0.6 is 15.9 Å². The van der Waals surface area contributed by atoms with Gasteiger partial charge in [-0.25, -0.2) is 9.97 Å². The number of rotatable bonds is 13. The van der Waals surface area contributed by atoms with E-state index in [-0.39, 0.29) is 18.4 Å². The van der Waals surface area contributed by atoms with E-state index in [1.165, 1.54) is 19.5 Å². The highest BCUT2D eigenvalue weighted by atomic mass is 79.9. The Balaban J connectivity index is 1.75. The van der Waals surface area contributed by atoms with E-state index < -0.39 is 0 Å². The van der Waals surface area contributed by atoms with Gasteiger partial charge in [0.05, 0.1) is 31.5 Å². The van der Waals surface area contributed by atoms with Crippen molar-refractivity contribution >= 4 is 55.9 Å². The molecule has 3 aromatic rings. The van der Waals surface area contributed by atoms with Crippen LogP contribution in [0.3, 0.4) is 0 Å². The van der Waals surface area contributed by atoms with E-state index in [2.05, 4.69) is 43.5 Å². The monoisotopic (exact) mass is 569 g/mol. The van der Waals surface area contributed by atoms with Crippen LogP contribution in [0, 0.1) is 0 Å². The minimum atomic E-state index is -0.317. The van der Waals surface area contributed by atoms with E-state index in [1.807, 2.05) is 29.2 Å². The van der Waals surface area contributed by atoms with Gasteiger partial charge in [-0.2, -0.15) is 0 Å². The lowest BCUT2D eigenvalue weighted by Gasteiger charge is -2.19. The molecule has 1 aromatic heterocycles. The maximum absolute atomic E-state index is 12.7. The van der Waals surface area contributed by atoms with Gasteiger partial charge in [0.1, 0.15) is 17.9 Å². The standard InChI is InChI=1S/C27H32BrN5O4/c1-4-6-12-33(17-26(35)37-5-2)13-8-11-25(34)32-23-15-21-22(16-24(23)36-3)29-18-30-27(21)31-20-10-7-9-19(28)14-20/h7-11,14-16,18H,4-6,12-13,17H2,1-3H3,(H,32,34)(H,29,30,31). The molecule has 1 amide bonds. The van der Waals surface area contributed by atoms with Gasteiger partial charge in [0.2, 0.25) is 5.91 Å². The molecule has 37 heavy (non-hydrogen) atoms. The molecule has 0 atom stereocenters. The number of halogens is 1. The molecule has 0 aliphatic heterocycles.